The van der Waals surface area contributed by atoms with E-state index in [1.807, 2.05) is 13.1 Å². The molecular formula is C14H24N4O. The van der Waals surface area contributed by atoms with Gasteiger partial charge in [0.1, 0.15) is 0 Å². The van der Waals surface area contributed by atoms with Crippen molar-refractivity contribution >= 4 is 5.95 Å². The van der Waals surface area contributed by atoms with Crippen LogP contribution in [0.25, 0.3) is 0 Å². The molecule has 1 aliphatic heterocycles. The number of anilines is 1. The zero-order chi connectivity index (χ0) is 13.8. The number of ether oxygens (including phenoxy) is 1. The lowest BCUT2D eigenvalue weighted by Gasteiger charge is -2.35. The van der Waals surface area contributed by atoms with Crippen LogP contribution in [-0.2, 0) is 11.3 Å². The van der Waals surface area contributed by atoms with Gasteiger partial charge in [0.05, 0.1) is 12.2 Å². The summed E-state index contributed by atoms with van der Waals surface area (Å²) in [6.07, 6.45) is 2.40. The van der Waals surface area contributed by atoms with E-state index in [2.05, 4.69) is 41.0 Å². The number of nitrogens with one attached hydrogen (secondary N) is 1. The van der Waals surface area contributed by atoms with Gasteiger partial charge in [-0.15, -0.1) is 0 Å². The lowest BCUT2D eigenvalue weighted by Crippen LogP contribution is -2.46. The Hall–Kier alpha value is -1.20. The minimum Gasteiger partial charge on any atom is -0.372 e. The molecule has 0 radical (unpaired) electrons. The van der Waals surface area contributed by atoms with Gasteiger partial charge in [-0.3, -0.25) is 0 Å². The lowest BCUT2D eigenvalue weighted by atomic mass is 10.2. The molecule has 0 unspecified atom stereocenters. The molecule has 1 aromatic heterocycles. The highest BCUT2D eigenvalue weighted by Gasteiger charge is 2.24. The first-order chi connectivity index (χ1) is 9.10. The summed E-state index contributed by atoms with van der Waals surface area (Å²) in [5, 5.41) is 3.30. The maximum atomic E-state index is 5.74. The van der Waals surface area contributed by atoms with E-state index < -0.39 is 0 Å². The second-order valence-corrected chi connectivity index (χ2v) is 5.22. The van der Waals surface area contributed by atoms with E-state index in [0.29, 0.717) is 0 Å². The summed E-state index contributed by atoms with van der Waals surface area (Å²) in [6, 6.07) is 0. The summed E-state index contributed by atoms with van der Waals surface area (Å²) >= 11 is 0. The molecule has 0 saturated carbocycles. The number of nitrogens with zero attached hydrogens (tertiary/aromatic N) is 3. The van der Waals surface area contributed by atoms with Crippen LogP contribution < -0.4 is 10.2 Å². The third kappa shape index (κ3) is 3.64. The smallest absolute Gasteiger partial charge is 0.225 e. The average molecular weight is 264 g/mol. The molecule has 106 valence electrons. The molecule has 1 fully saturated rings. The monoisotopic (exact) mass is 264 g/mol. The van der Waals surface area contributed by atoms with Gasteiger partial charge in [-0.05, 0) is 27.3 Å². The molecule has 5 nitrogen and oxygen atoms in total. The first-order valence-corrected chi connectivity index (χ1v) is 7.03. The van der Waals surface area contributed by atoms with Gasteiger partial charge in [0.2, 0.25) is 5.95 Å². The van der Waals surface area contributed by atoms with Crippen molar-refractivity contribution in [3.63, 3.8) is 0 Å². The molecule has 19 heavy (non-hydrogen) atoms. The molecule has 0 amide bonds. The van der Waals surface area contributed by atoms with Crippen LogP contribution in [0, 0.1) is 6.92 Å². The summed E-state index contributed by atoms with van der Waals surface area (Å²) in [4.78, 5) is 11.4. The van der Waals surface area contributed by atoms with Gasteiger partial charge in [0, 0.05) is 37.1 Å². The van der Waals surface area contributed by atoms with Crippen molar-refractivity contribution in [2.24, 2.45) is 0 Å². The minimum atomic E-state index is 0.231. The van der Waals surface area contributed by atoms with Crippen LogP contribution in [0.5, 0.6) is 0 Å². The second kappa shape index (κ2) is 6.30. The number of rotatable bonds is 4. The fourth-order valence-corrected chi connectivity index (χ4v) is 2.41. The SMILES string of the molecule is CCNCc1cnc(N2C[C@@H](C)O[C@@H](C)C2)nc1C. The van der Waals surface area contributed by atoms with Gasteiger partial charge in [-0.2, -0.15) is 0 Å². The molecule has 1 aliphatic rings. The predicted octanol–water partition coefficient (Wildman–Crippen LogP) is 1.51. The predicted molar refractivity (Wildman–Crippen MR) is 76.4 cm³/mol. The summed E-state index contributed by atoms with van der Waals surface area (Å²) in [5.74, 6) is 0.819. The Morgan fingerprint density at radius 2 is 2.05 bits per heavy atom. The standard InChI is InChI=1S/C14H24N4O/c1-5-15-6-13-7-16-14(17-12(13)4)18-8-10(2)19-11(3)9-18/h7,10-11,15H,5-6,8-9H2,1-4H3/t10-,11+. The van der Waals surface area contributed by atoms with Crippen molar-refractivity contribution in [1.29, 1.82) is 0 Å². The van der Waals surface area contributed by atoms with Crippen molar-refractivity contribution < 1.29 is 4.74 Å². The molecular weight excluding hydrogens is 240 g/mol. The highest BCUT2D eigenvalue weighted by molar-refractivity contribution is 5.34. The van der Waals surface area contributed by atoms with E-state index in [1.54, 1.807) is 0 Å². The topological polar surface area (TPSA) is 50.3 Å². The molecule has 1 saturated heterocycles. The fourth-order valence-electron chi connectivity index (χ4n) is 2.41. The quantitative estimate of drug-likeness (QED) is 0.893. The number of hydrogen-bond donors (Lipinski definition) is 1. The van der Waals surface area contributed by atoms with Gasteiger partial charge < -0.3 is 15.0 Å². The Balaban J connectivity index is 2.10. The molecule has 2 heterocycles. The molecule has 0 aromatic carbocycles. The normalized spacial score (nSPS) is 23.7. The zero-order valence-electron chi connectivity index (χ0n) is 12.3. The minimum absolute atomic E-state index is 0.231. The van der Waals surface area contributed by atoms with E-state index in [4.69, 9.17) is 4.74 Å². The van der Waals surface area contributed by atoms with E-state index in [1.165, 1.54) is 5.56 Å². The van der Waals surface area contributed by atoms with Crippen LogP contribution in [0.1, 0.15) is 32.0 Å². The Morgan fingerprint density at radius 3 is 2.63 bits per heavy atom. The van der Waals surface area contributed by atoms with Crippen LogP contribution in [0.2, 0.25) is 0 Å². The van der Waals surface area contributed by atoms with Gasteiger partial charge in [0.25, 0.3) is 0 Å². The maximum absolute atomic E-state index is 5.74. The van der Waals surface area contributed by atoms with E-state index >= 15 is 0 Å². The average Bonchev–Trinajstić information content (AvgIpc) is 2.36. The van der Waals surface area contributed by atoms with Crippen molar-refractivity contribution in [3.8, 4) is 0 Å². The van der Waals surface area contributed by atoms with Crippen LogP contribution in [0.3, 0.4) is 0 Å². The van der Waals surface area contributed by atoms with Crippen molar-refractivity contribution in [2.45, 2.75) is 46.4 Å². The molecule has 1 N–H and O–H groups in total. The van der Waals surface area contributed by atoms with Gasteiger partial charge in [0.15, 0.2) is 0 Å². The lowest BCUT2D eigenvalue weighted by molar-refractivity contribution is -0.00573. The Morgan fingerprint density at radius 1 is 1.37 bits per heavy atom. The third-order valence-corrected chi connectivity index (χ3v) is 3.34. The summed E-state index contributed by atoms with van der Waals surface area (Å²) in [6.45, 7) is 11.8. The van der Waals surface area contributed by atoms with Gasteiger partial charge in [-0.1, -0.05) is 6.92 Å². The zero-order valence-corrected chi connectivity index (χ0v) is 12.3. The van der Waals surface area contributed by atoms with E-state index in [0.717, 1.165) is 37.8 Å². The molecule has 5 heteroatoms. The highest BCUT2D eigenvalue weighted by atomic mass is 16.5. The molecule has 0 spiro atoms. The van der Waals surface area contributed by atoms with Crippen molar-refractivity contribution in [3.05, 3.63) is 17.5 Å². The third-order valence-electron chi connectivity index (χ3n) is 3.34. The first kappa shape index (κ1) is 14.2. The van der Waals surface area contributed by atoms with Crippen LogP contribution in [0.4, 0.5) is 5.95 Å². The Bertz CT molecular complexity index is 414. The maximum Gasteiger partial charge on any atom is 0.225 e. The Kier molecular flexibility index (Phi) is 4.71. The molecule has 0 bridgehead atoms. The van der Waals surface area contributed by atoms with Crippen molar-refractivity contribution in [2.75, 3.05) is 24.5 Å². The number of hydrogen-bond acceptors (Lipinski definition) is 5. The highest BCUT2D eigenvalue weighted by Crippen LogP contribution is 2.17. The van der Waals surface area contributed by atoms with Crippen LogP contribution in [-0.4, -0.2) is 41.8 Å². The molecule has 2 atom stereocenters. The fraction of sp³-hybridized carbons (Fsp3) is 0.714. The van der Waals surface area contributed by atoms with Gasteiger partial charge >= 0.3 is 0 Å². The van der Waals surface area contributed by atoms with Gasteiger partial charge in [-0.25, -0.2) is 9.97 Å². The summed E-state index contributed by atoms with van der Waals surface area (Å²) < 4.78 is 5.74. The first-order valence-electron chi connectivity index (χ1n) is 7.03. The molecule has 0 aliphatic carbocycles. The number of morpholine rings is 1. The number of aromatic nitrogens is 2. The van der Waals surface area contributed by atoms with Crippen LogP contribution in [0.15, 0.2) is 6.20 Å². The van der Waals surface area contributed by atoms with Crippen molar-refractivity contribution in [1.82, 2.24) is 15.3 Å². The molecule has 2 rings (SSSR count). The number of aryl methyl sites for hydroxylation is 1. The van der Waals surface area contributed by atoms with Crippen LogP contribution >= 0.6 is 0 Å². The molecule has 1 aromatic rings. The summed E-state index contributed by atoms with van der Waals surface area (Å²) in [5.41, 5.74) is 2.22. The van der Waals surface area contributed by atoms with E-state index in [9.17, 15) is 0 Å². The largest absolute Gasteiger partial charge is 0.372 e. The Labute approximate surface area is 115 Å². The summed E-state index contributed by atoms with van der Waals surface area (Å²) in [7, 11) is 0. The second-order valence-electron chi connectivity index (χ2n) is 5.22. The van der Waals surface area contributed by atoms with E-state index in [-0.39, 0.29) is 12.2 Å².